The smallest absolute Gasteiger partial charge is 0.260 e. The molecule has 0 aliphatic heterocycles. The molecule has 0 aromatic heterocycles. The summed E-state index contributed by atoms with van der Waals surface area (Å²) < 4.78 is 0. The Bertz CT molecular complexity index is 459. The summed E-state index contributed by atoms with van der Waals surface area (Å²) in [6, 6.07) is 5.99. The molecule has 0 aliphatic rings. The Morgan fingerprint density at radius 1 is 1.47 bits per heavy atom. The molecule has 5 heteroatoms. The van der Waals surface area contributed by atoms with Crippen molar-refractivity contribution in [3.63, 3.8) is 0 Å². The minimum atomic E-state index is -1.02. The molecule has 0 radical (unpaired) electrons. The van der Waals surface area contributed by atoms with Gasteiger partial charge in [-0.3, -0.25) is 4.79 Å². The highest BCUT2D eigenvalue weighted by atomic mass is 16.3. The first-order valence-electron chi connectivity index (χ1n) is 5.18. The van der Waals surface area contributed by atoms with Gasteiger partial charge in [0.2, 0.25) is 0 Å². The Hall–Kier alpha value is -2.22. The van der Waals surface area contributed by atoms with Gasteiger partial charge in [0.15, 0.2) is 0 Å². The fraction of sp³-hybridized carbons (Fsp3) is 0.333. The highest BCUT2D eigenvalue weighted by Crippen LogP contribution is 2.26. The van der Waals surface area contributed by atoms with Crippen LogP contribution in [0.2, 0.25) is 0 Å². The third-order valence-corrected chi connectivity index (χ3v) is 2.59. The highest BCUT2D eigenvalue weighted by Gasteiger charge is 2.26. The topological polar surface area (TPSA) is 93.4 Å². The van der Waals surface area contributed by atoms with E-state index in [1.165, 1.54) is 18.2 Å². The van der Waals surface area contributed by atoms with Gasteiger partial charge in [-0.05, 0) is 25.5 Å². The molecule has 0 heterocycles. The van der Waals surface area contributed by atoms with Gasteiger partial charge in [-0.1, -0.05) is 13.0 Å². The molecule has 0 fully saturated rings. The van der Waals surface area contributed by atoms with Crippen LogP contribution in [0.25, 0.3) is 0 Å². The first-order chi connectivity index (χ1) is 7.93. The Morgan fingerprint density at radius 3 is 2.41 bits per heavy atom. The van der Waals surface area contributed by atoms with Crippen LogP contribution in [0.1, 0.15) is 30.6 Å². The van der Waals surface area contributed by atoms with Crippen molar-refractivity contribution in [1.82, 2.24) is 5.32 Å². The molecule has 0 bridgehead atoms. The van der Waals surface area contributed by atoms with Crippen molar-refractivity contribution in [2.24, 2.45) is 0 Å². The number of nitrogens with zero attached hydrogens (tertiary/aromatic N) is 1. The van der Waals surface area contributed by atoms with E-state index in [1.54, 1.807) is 13.8 Å². The van der Waals surface area contributed by atoms with Crippen LogP contribution in [0.15, 0.2) is 18.2 Å². The number of nitrogens with one attached hydrogen (secondary N) is 1. The number of carbonyl (C=O) groups excluding carboxylic acids is 1. The minimum absolute atomic E-state index is 0.220. The monoisotopic (exact) mass is 234 g/mol. The number of aromatic hydroxyl groups is 2. The maximum atomic E-state index is 11.8. The predicted molar refractivity (Wildman–Crippen MR) is 61.5 cm³/mol. The Labute approximate surface area is 99.3 Å². The first-order valence-corrected chi connectivity index (χ1v) is 5.18. The predicted octanol–water partition coefficient (Wildman–Crippen LogP) is 1.52. The number of phenolic OH excluding ortho intramolecular Hbond substituents is 2. The van der Waals surface area contributed by atoms with Crippen LogP contribution in [0, 0.1) is 11.3 Å². The Morgan fingerprint density at radius 2 is 2.00 bits per heavy atom. The summed E-state index contributed by atoms with van der Waals surface area (Å²) in [5, 5.41) is 30.4. The second-order valence-electron chi connectivity index (χ2n) is 3.92. The number of hydrogen-bond acceptors (Lipinski definition) is 4. The van der Waals surface area contributed by atoms with Gasteiger partial charge in [-0.15, -0.1) is 0 Å². The third-order valence-electron chi connectivity index (χ3n) is 2.59. The van der Waals surface area contributed by atoms with E-state index in [-0.39, 0.29) is 17.1 Å². The molecule has 0 saturated heterocycles. The van der Waals surface area contributed by atoms with E-state index in [0.29, 0.717) is 6.42 Å². The van der Waals surface area contributed by atoms with Crippen LogP contribution in [-0.4, -0.2) is 21.7 Å². The average molecular weight is 234 g/mol. The van der Waals surface area contributed by atoms with Crippen LogP contribution in [-0.2, 0) is 0 Å². The zero-order valence-corrected chi connectivity index (χ0v) is 9.69. The number of benzene rings is 1. The van der Waals surface area contributed by atoms with Crippen LogP contribution in [0.4, 0.5) is 0 Å². The fourth-order valence-electron chi connectivity index (χ4n) is 1.27. The van der Waals surface area contributed by atoms with Gasteiger partial charge in [0, 0.05) is 0 Å². The van der Waals surface area contributed by atoms with E-state index in [1.807, 2.05) is 6.07 Å². The van der Waals surface area contributed by atoms with Gasteiger partial charge in [0.05, 0.1) is 6.07 Å². The molecule has 1 atom stereocenters. The molecule has 0 spiro atoms. The van der Waals surface area contributed by atoms with Crippen molar-refractivity contribution in [2.45, 2.75) is 25.8 Å². The summed E-state index contributed by atoms with van der Waals surface area (Å²) in [4.78, 5) is 11.8. The standard InChI is InChI=1S/C12H14N2O3/c1-3-12(2,7-13)14-11(17)10-8(15)5-4-6-9(10)16/h4-6,15-16H,3H2,1-2H3,(H,14,17). The molecule has 90 valence electrons. The molecule has 0 saturated carbocycles. The van der Waals surface area contributed by atoms with Crippen molar-refractivity contribution in [3.05, 3.63) is 23.8 Å². The van der Waals surface area contributed by atoms with Crippen molar-refractivity contribution in [1.29, 1.82) is 5.26 Å². The molecule has 0 aliphatic carbocycles. The molecular formula is C12H14N2O3. The number of carbonyl (C=O) groups is 1. The van der Waals surface area contributed by atoms with Gasteiger partial charge >= 0.3 is 0 Å². The third kappa shape index (κ3) is 2.67. The molecule has 3 N–H and O–H groups in total. The van der Waals surface area contributed by atoms with E-state index in [9.17, 15) is 15.0 Å². The van der Waals surface area contributed by atoms with E-state index in [4.69, 9.17) is 5.26 Å². The summed E-state index contributed by atoms with van der Waals surface area (Å²) in [6.07, 6.45) is 0.420. The van der Waals surface area contributed by atoms with E-state index >= 15 is 0 Å². The number of phenols is 2. The Kier molecular flexibility index (Phi) is 3.59. The van der Waals surface area contributed by atoms with Gasteiger partial charge in [0.25, 0.3) is 5.91 Å². The number of rotatable bonds is 3. The quantitative estimate of drug-likeness (QED) is 0.739. The lowest BCUT2D eigenvalue weighted by molar-refractivity contribution is 0.0917. The SMILES string of the molecule is CCC(C)(C#N)NC(=O)c1c(O)cccc1O. The van der Waals surface area contributed by atoms with Crippen LogP contribution in [0.3, 0.4) is 0 Å². The normalized spacial score (nSPS) is 13.5. The molecule has 1 rings (SSSR count). The summed E-state index contributed by atoms with van der Waals surface area (Å²) >= 11 is 0. The second-order valence-corrected chi connectivity index (χ2v) is 3.92. The van der Waals surface area contributed by atoms with Crippen LogP contribution in [0.5, 0.6) is 11.5 Å². The van der Waals surface area contributed by atoms with Crippen molar-refractivity contribution in [2.75, 3.05) is 0 Å². The highest BCUT2D eigenvalue weighted by molar-refractivity contribution is 6.00. The Balaban J connectivity index is 3.03. The summed E-state index contributed by atoms with van der Waals surface area (Å²) in [5.41, 5.74) is -1.24. The van der Waals surface area contributed by atoms with Gasteiger partial charge in [-0.25, -0.2) is 0 Å². The molecule has 5 nitrogen and oxygen atoms in total. The number of hydrogen-bond donors (Lipinski definition) is 3. The van der Waals surface area contributed by atoms with Gasteiger partial charge < -0.3 is 15.5 Å². The zero-order chi connectivity index (χ0) is 13.1. The lowest BCUT2D eigenvalue weighted by Gasteiger charge is -2.21. The molecular weight excluding hydrogens is 220 g/mol. The van der Waals surface area contributed by atoms with Crippen molar-refractivity contribution < 1.29 is 15.0 Å². The number of amides is 1. The van der Waals surface area contributed by atoms with E-state index in [0.717, 1.165) is 0 Å². The summed E-state index contributed by atoms with van der Waals surface area (Å²) in [6.45, 7) is 3.33. The lowest BCUT2D eigenvalue weighted by atomic mass is 10.00. The van der Waals surface area contributed by atoms with Crippen molar-refractivity contribution in [3.8, 4) is 17.6 Å². The van der Waals surface area contributed by atoms with Crippen LogP contribution < -0.4 is 5.32 Å². The molecule has 1 unspecified atom stereocenters. The molecule has 1 aromatic rings. The lowest BCUT2D eigenvalue weighted by Crippen LogP contribution is -2.44. The van der Waals surface area contributed by atoms with Gasteiger partial charge in [0.1, 0.15) is 22.6 Å². The maximum absolute atomic E-state index is 11.8. The largest absolute Gasteiger partial charge is 0.507 e. The van der Waals surface area contributed by atoms with Gasteiger partial charge in [-0.2, -0.15) is 5.26 Å². The van der Waals surface area contributed by atoms with Crippen molar-refractivity contribution >= 4 is 5.91 Å². The second kappa shape index (κ2) is 4.74. The average Bonchev–Trinajstić information content (AvgIpc) is 2.28. The van der Waals surface area contributed by atoms with E-state index < -0.39 is 11.4 Å². The fourth-order valence-corrected chi connectivity index (χ4v) is 1.27. The van der Waals surface area contributed by atoms with Crippen LogP contribution >= 0.6 is 0 Å². The minimum Gasteiger partial charge on any atom is -0.507 e. The molecule has 1 amide bonds. The summed E-state index contributed by atoms with van der Waals surface area (Å²) in [7, 11) is 0. The zero-order valence-electron chi connectivity index (χ0n) is 9.69. The number of nitriles is 1. The first kappa shape index (κ1) is 12.8. The molecule has 1 aromatic carbocycles. The summed E-state index contributed by atoms with van der Waals surface area (Å²) in [5.74, 6) is -1.32. The maximum Gasteiger partial charge on any atom is 0.260 e. The van der Waals surface area contributed by atoms with E-state index in [2.05, 4.69) is 5.32 Å². The molecule has 17 heavy (non-hydrogen) atoms.